The first-order chi connectivity index (χ1) is 14.4. The predicted molar refractivity (Wildman–Crippen MR) is 119 cm³/mol. The van der Waals surface area contributed by atoms with Gasteiger partial charge in [0.1, 0.15) is 18.1 Å². The SMILES string of the molecule is CCC(C)C(N)C(=O)NC(CCCCN)C(=O)NC(C)C(=O)NC(CC(C)C)C(=O)O. The van der Waals surface area contributed by atoms with E-state index in [1.807, 2.05) is 27.7 Å². The van der Waals surface area contributed by atoms with Crippen molar-refractivity contribution in [3.05, 3.63) is 0 Å². The number of unbranched alkanes of at least 4 members (excludes halogenated alkanes) is 1. The maximum absolute atomic E-state index is 12.8. The highest BCUT2D eigenvalue weighted by molar-refractivity contribution is 5.93. The molecule has 0 aliphatic rings. The van der Waals surface area contributed by atoms with Crippen LogP contribution in [0.5, 0.6) is 0 Å². The van der Waals surface area contributed by atoms with E-state index in [1.54, 1.807) is 0 Å². The summed E-state index contributed by atoms with van der Waals surface area (Å²) < 4.78 is 0. The predicted octanol–water partition coefficient (Wildman–Crippen LogP) is 0.0938. The summed E-state index contributed by atoms with van der Waals surface area (Å²) in [5, 5.41) is 17.0. The molecule has 0 aliphatic carbocycles. The Morgan fingerprint density at radius 2 is 1.45 bits per heavy atom. The zero-order chi connectivity index (χ0) is 24.1. The smallest absolute Gasteiger partial charge is 0.326 e. The van der Waals surface area contributed by atoms with Gasteiger partial charge in [-0.25, -0.2) is 4.79 Å². The zero-order valence-electron chi connectivity index (χ0n) is 19.4. The minimum atomic E-state index is -1.13. The van der Waals surface area contributed by atoms with E-state index in [4.69, 9.17) is 11.5 Å². The minimum absolute atomic E-state index is 0.0497. The second kappa shape index (κ2) is 14.7. The van der Waals surface area contributed by atoms with Gasteiger partial charge in [-0.05, 0) is 51.0 Å². The van der Waals surface area contributed by atoms with Crippen molar-refractivity contribution in [2.45, 2.75) is 90.9 Å². The van der Waals surface area contributed by atoms with Gasteiger partial charge in [0, 0.05) is 0 Å². The fraction of sp³-hybridized carbons (Fsp3) is 0.810. The molecule has 10 nitrogen and oxygen atoms in total. The van der Waals surface area contributed by atoms with Crippen LogP contribution in [0.2, 0.25) is 0 Å². The van der Waals surface area contributed by atoms with Crippen molar-refractivity contribution in [3.8, 4) is 0 Å². The van der Waals surface area contributed by atoms with Gasteiger partial charge in [-0.2, -0.15) is 0 Å². The molecule has 5 unspecified atom stereocenters. The molecule has 0 aromatic rings. The van der Waals surface area contributed by atoms with Crippen molar-refractivity contribution in [2.75, 3.05) is 6.54 Å². The summed E-state index contributed by atoms with van der Waals surface area (Å²) >= 11 is 0. The second-order valence-electron chi connectivity index (χ2n) is 8.52. The molecule has 3 amide bonds. The molecule has 180 valence electrons. The molecule has 31 heavy (non-hydrogen) atoms. The number of nitrogens with two attached hydrogens (primary N) is 2. The molecule has 0 radical (unpaired) electrons. The number of nitrogens with one attached hydrogen (secondary N) is 3. The van der Waals surface area contributed by atoms with Crippen molar-refractivity contribution in [3.63, 3.8) is 0 Å². The van der Waals surface area contributed by atoms with Crippen LogP contribution >= 0.6 is 0 Å². The number of carbonyl (C=O) groups excluding carboxylic acids is 3. The summed E-state index contributed by atoms with van der Waals surface area (Å²) in [7, 11) is 0. The van der Waals surface area contributed by atoms with E-state index in [-0.39, 0.29) is 18.3 Å². The van der Waals surface area contributed by atoms with Crippen molar-refractivity contribution < 1.29 is 24.3 Å². The van der Waals surface area contributed by atoms with E-state index in [0.29, 0.717) is 25.8 Å². The molecular weight excluding hydrogens is 402 g/mol. The topological polar surface area (TPSA) is 177 Å². The molecule has 0 spiro atoms. The molecule has 0 fully saturated rings. The van der Waals surface area contributed by atoms with Gasteiger partial charge in [0.25, 0.3) is 0 Å². The summed E-state index contributed by atoms with van der Waals surface area (Å²) in [4.78, 5) is 49.0. The number of rotatable bonds is 15. The maximum Gasteiger partial charge on any atom is 0.326 e. The summed E-state index contributed by atoms with van der Waals surface area (Å²) in [5.41, 5.74) is 11.5. The normalized spacial score (nSPS) is 16.0. The molecule has 8 N–H and O–H groups in total. The van der Waals surface area contributed by atoms with Gasteiger partial charge < -0.3 is 32.5 Å². The molecule has 0 aromatic heterocycles. The van der Waals surface area contributed by atoms with Crippen LogP contribution in [0, 0.1) is 11.8 Å². The van der Waals surface area contributed by atoms with E-state index >= 15 is 0 Å². The molecule has 0 aromatic carbocycles. The Labute approximate surface area is 185 Å². The molecular formula is C21H41N5O5. The van der Waals surface area contributed by atoms with Gasteiger partial charge >= 0.3 is 5.97 Å². The second-order valence-corrected chi connectivity index (χ2v) is 8.52. The summed E-state index contributed by atoms with van der Waals surface area (Å²) in [5.74, 6) is -2.67. The average Bonchev–Trinajstić information content (AvgIpc) is 2.70. The van der Waals surface area contributed by atoms with E-state index < -0.39 is 47.9 Å². The van der Waals surface area contributed by atoms with Crippen LogP contribution in [-0.2, 0) is 19.2 Å². The standard InChI is InChI=1S/C21H41N5O5/c1-6-13(4)17(23)20(29)25-15(9-7-8-10-22)19(28)24-14(5)18(27)26-16(21(30)31)11-12(2)3/h12-17H,6-11,22-23H2,1-5H3,(H,24,28)(H,25,29)(H,26,27)(H,30,31). The highest BCUT2D eigenvalue weighted by Gasteiger charge is 2.29. The van der Waals surface area contributed by atoms with Crippen molar-refractivity contribution in [2.24, 2.45) is 23.3 Å². The number of amides is 3. The van der Waals surface area contributed by atoms with E-state index in [2.05, 4.69) is 16.0 Å². The Kier molecular flexibility index (Phi) is 13.7. The van der Waals surface area contributed by atoms with Gasteiger partial charge in [0.2, 0.25) is 17.7 Å². The Morgan fingerprint density at radius 1 is 0.871 bits per heavy atom. The number of aliphatic carboxylic acids is 1. The number of hydrogen-bond acceptors (Lipinski definition) is 6. The van der Waals surface area contributed by atoms with E-state index in [9.17, 15) is 24.3 Å². The van der Waals surface area contributed by atoms with Gasteiger partial charge in [-0.1, -0.05) is 34.1 Å². The Balaban J connectivity index is 5.10. The molecule has 0 saturated carbocycles. The Morgan fingerprint density at radius 3 is 1.94 bits per heavy atom. The van der Waals surface area contributed by atoms with Crippen molar-refractivity contribution in [1.29, 1.82) is 0 Å². The third-order valence-corrected chi connectivity index (χ3v) is 5.21. The molecule has 0 saturated heterocycles. The molecule has 0 aliphatic heterocycles. The molecule has 0 bridgehead atoms. The van der Waals surface area contributed by atoms with Crippen LogP contribution in [-0.4, -0.2) is 59.5 Å². The summed E-state index contributed by atoms with van der Waals surface area (Å²) in [6, 6.07) is -3.63. The number of carboxylic acid groups (broad SMARTS) is 1. The van der Waals surface area contributed by atoms with Gasteiger partial charge in [0.05, 0.1) is 6.04 Å². The Bertz CT molecular complexity index is 599. The van der Waals surface area contributed by atoms with Crippen molar-refractivity contribution >= 4 is 23.7 Å². The highest BCUT2D eigenvalue weighted by Crippen LogP contribution is 2.08. The minimum Gasteiger partial charge on any atom is -0.480 e. The van der Waals surface area contributed by atoms with Crippen LogP contribution in [0.4, 0.5) is 0 Å². The highest BCUT2D eigenvalue weighted by atomic mass is 16.4. The molecule has 0 rings (SSSR count). The van der Waals surface area contributed by atoms with E-state index in [0.717, 1.165) is 6.42 Å². The number of carboxylic acids is 1. The van der Waals surface area contributed by atoms with Crippen LogP contribution in [0.15, 0.2) is 0 Å². The lowest BCUT2D eigenvalue weighted by Gasteiger charge is -2.25. The lowest BCUT2D eigenvalue weighted by Crippen LogP contribution is -2.57. The zero-order valence-corrected chi connectivity index (χ0v) is 19.4. The third-order valence-electron chi connectivity index (χ3n) is 5.21. The number of carbonyl (C=O) groups is 4. The fourth-order valence-electron chi connectivity index (χ4n) is 2.91. The van der Waals surface area contributed by atoms with Crippen molar-refractivity contribution in [1.82, 2.24) is 16.0 Å². The monoisotopic (exact) mass is 443 g/mol. The lowest BCUT2D eigenvalue weighted by molar-refractivity contribution is -0.142. The first-order valence-corrected chi connectivity index (χ1v) is 11.0. The Hall–Kier alpha value is -2.20. The molecule has 5 atom stereocenters. The first kappa shape index (κ1) is 28.8. The van der Waals surface area contributed by atoms with Crippen LogP contribution in [0.3, 0.4) is 0 Å². The van der Waals surface area contributed by atoms with Gasteiger partial charge in [0.15, 0.2) is 0 Å². The fourth-order valence-corrected chi connectivity index (χ4v) is 2.91. The van der Waals surface area contributed by atoms with Crippen LogP contribution < -0.4 is 27.4 Å². The summed E-state index contributed by atoms with van der Waals surface area (Å²) in [6.07, 6.45) is 2.64. The van der Waals surface area contributed by atoms with Gasteiger partial charge in [-0.3, -0.25) is 14.4 Å². The largest absolute Gasteiger partial charge is 0.480 e. The number of hydrogen-bond donors (Lipinski definition) is 6. The van der Waals surface area contributed by atoms with Crippen LogP contribution in [0.1, 0.15) is 66.7 Å². The first-order valence-electron chi connectivity index (χ1n) is 11.0. The molecule has 10 heteroatoms. The average molecular weight is 444 g/mol. The molecule has 0 heterocycles. The maximum atomic E-state index is 12.8. The third kappa shape index (κ3) is 11.1. The quantitative estimate of drug-likeness (QED) is 0.194. The van der Waals surface area contributed by atoms with E-state index in [1.165, 1.54) is 6.92 Å². The lowest BCUT2D eigenvalue weighted by atomic mass is 9.98. The summed E-state index contributed by atoms with van der Waals surface area (Å²) in [6.45, 7) is 9.41. The van der Waals surface area contributed by atoms with Crippen LogP contribution in [0.25, 0.3) is 0 Å². The van der Waals surface area contributed by atoms with Gasteiger partial charge in [-0.15, -0.1) is 0 Å².